The number of rotatable bonds is 5. The van der Waals surface area contributed by atoms with Crippen molar-refractivity contribution in [1.29, 1.82) is 0 Å². The molecule has 24 heavy (non-hydrogen) atoms. The molecule has 0 fully saturated rings. The Morgan fingerprint density at radius 2 is 2.00 bits per heavy atom. The van der Waals surface area contributed by atoms with Crippen LogP contribution in [0.25, 0.3) is 0 Å². The highest BCUT2D eigenvalue weighted by Gasteiger charge is 2.39. The van der Waals surface area contributed by atoms with Gasteiger partial charge in [0.1, 0.15) is 5.82 Å². The van der Waals surface area contributed by atoms with Crippen molar-refractivity contribution >= 4 is 17.8 Å². The quantitative estimate of drug-likeness (QED) is 0.836. The fourth-order valence-electron chi connectivity index (χ4n) is 2.36. The second-order valence-corrected chi connectivity index (χ2v) is 6.10. The maximum Gasteiger partial charge on any atom is 0.249 e. The molecule has 0 aromatic heterocycles. The summed E-state index contributed by atoms with van der Waals surface area (Å²) in [7, 11) is 0. The molecule has 1 aliphatic heterocycles. The van der Waals surface area contributed by atoms with Crippen LogP contribution >= 0.6 is 12.0 Å². The zero-order chi connectivity index (χ0) is 17.1. The van der Waals surface area contributed by atoms with Crippen LogP contribution in [-0.2, 0) is 19.5 Å². The first kappa shape index (κ1) is 16.4. The predicted octanol–water partition coefficient (Wildman–Crippen LogP) is 3.77. The maximum atomic E-state index is 14.0. The van der Waals surface area contributed by atoms with Gasteiger partial charge in [-0.3, -0.25) is 4.79 Å². The third-order valence-electron chi connectivity index (χ3n) is 3.58. The van der Waals surface area contributed by atoms with Crippen LogP contribution in [-0.4, -0.2) is 5.78 Å². The van der Waals surface area contributed by atoms with Crippen LogP contribution in [0.3, 0.4) is 0 Å². The Bertz CT molecular complexity index is 792. The molecule has 0 spiro atoms. The van der Waals surface area contributed by atoms with Crippen molar-refractivity contribution in [3.8, 4) is 0 Å². The first-order valence-corrected chi connectivity index (χ1v) is 8.27. The zero-order valence-corrected chi connectivity index (χ0v) is 13.8. The van der Waals surface area contributed by atoms with Crippen molar-refractivity contribution in [2.45, 2.75) is 18.8 Å². The first-order chi connectivity index (χ1) is 11.6. The summed E-state index contributed by atoms with van der Waals surface area (Å²) < 4.78 is 24.8. The van der Waals surface area contributed by atoms with Gasteiger partial charge in [-0.2, -0.15) is 0 Å². The van der Waals surface area contributed by atoms with Gasteiger partial charge in [0.2, 0.25) is 17.4 Å². The number of nitrogens with two attached hydrogens (primary N) is 1. The fourth-order valence-corrected chi connectivity index (χ4v) is 3.03. The van der Waals surface area contributed by atoms with E-state index >= 15 is 0 Å². The summed E-state index contributed by atoms with van der Waals surface area (Å²) >= 11 is 1.08. The molecule has 0 saturated carbocycles. The largest absolute Gasteiger partial charge is 0.460 e. The molecule has 1 atom stereocenters. The van der Waals surface area contributed by atoms with Crippen LogP contribution in [0.15, 0.2) is 60.2 Å². The third kappa shape index (κ3) is 3.38. The Morgan fingerprint density at radius 1 is 1.25 bits per heavy atom. The molecular formula is C18H16FNO3S. The van der Waals surface area contributed by atoms with Gasteiger partial charge in [0.25, 0.3) is 0 Å². The van der Waals surface area contributed by atoms with E-state index in [0.29, 0.717) is 5.75 Å². The number of hydrogen-bond donors (Lipinski definition) is 1. The summed E-state index contributed by atoms with van der Waals surface area (Å²) in [6.07, 6.45) is -1.10. The lowest BCUT2D eigenvalue weighted by Gasteiger charge is -2.11. The monoisotopic (exact) mass is 345 g/mol. The molecule has 2 aromatic rings. The number of carbonyl (C=O) groups excluding carboxylic acids is 1. The number of carbonyl (C=O) groups is 1. The molecule has 3 rings (SSSR count). The van der Waals surface area contributed by atoms with Gasteiger partial charge in [0, 0.05) is 5.56 Å². The lowest BCUT2D eigenvalue weighted by Crippen LogP contribution is -2.12. The van der Waals surface area contributed by atoms with Gasteiger partial charge in [-0.25, -0.2) is 4.39 Å². The highest BCUT2D eigenvalue weighted by atomic mass is 32.2. The second-order valence-electron chi connectivity index (χ2n) is 5.41. The number of ketones is 1. The van der Waals surface area contributed by atoms with Crippen LogP contribution in [0, 0.1) is 12.7 Å². The number of benzene rings is 2. The highest BCUT2D eigenvalue weighted by Crippen LogP contribution is 2.35. The topological polar surface area (TPSA) is 61.6 Å². The number of aryl methyl sites for hydroxylation is 1. The minimum Gasteiger partial charge on any atom is -0.460 e. The molecule has 0 aliphatic carbocycles. The van der Waals surface area contributed by atoms with Crippen molar-refractivity contribution in [3.63, 3.8) is 0 Å². The third-order valence-corrected chi connectivity index (χ3v) is 4.31. The molecule has 4 nitrogen and oxygen atoms in total. The molecular weight excluding hydrogens is 329 g/mol. The van der Waals surface area contributed by atoms with Crippen LogP contribution in [0.2, 0.25) is 0 Å². The van der Waals surface area contributed by atoms with E-state index < -0.39 is 17.7 Å². The van der Waals surface area contributed by atoms with E-state index in [-0.39, 0.29) is 17.2 Å². The molecule has 0 saturated heterocycles. The molecule has 2 N–H and O–H groups in total. The lowest BCUT2D eigenvalue weighted by molar-refractivity contribution is -0.123. The summed E-state index contributed by atoms with van der Waals surface area (Å²) in [5.74, 6) is -0.621. The minimum atomic E-state index is -1.10. The van der Waals surface area contributed by atoms with E-state index in [1.807, 2.05) is 37.3 Å². The van der Waals surface area contributed by atoms with Gasteiger partial charge >= 0.3 is 0 Å². The molecule has 2 aromatic carbocycles. The Kier molecular flexibility index (Phi) is 4.76. The van der Waals surface area contributed by atoms with Gasteiger partial charge in [-0.15, -0.1) is 0 Å². The average Bonchev–Trinajstić information content (AvgIpc) is 2.86. The molecule has 1 heterocycles. The van der Waals surface area contributed by atoms with Crippen molar-refractivity contribution in [2.75, 3.05) is 0 Å². The van der Waals surface area contributed by atoms with E-state index in [4.69, 9.17) is 14.7 Å². The highest BCUT2D eigenvalue weighted by molar-refractivity contribution is 7.94. The normalized spacial score (nSPS) is 17.1. The van der Waals surface area contributed by atoms with E-state index in [1.165, 1.54) is 6.07 Å². The molecule has 124 valence electrons. The summed E-state index contributed by atoms with van der Waals surface area (Å²) in [6, 6.07) is 14.2. The Balaban J connectivity index is 1.68. The van der Waals surface area contributed by atoms with Crippen molar-refractivity contribution in [3.05, 3.63) is 82.7 Å². The molecule has 0 radical (unpaired) electrons. The minimum absolute atomic E-state index is 0.0677. The number of hydrogen-bond acceptors (Lipinski definition) is 5. The van der Waals surface area contributed by atoms with Gasteiger partial charge in [-0.05, 0) is 24.6 Å². The number of halogens is 1. The van der Waals surface area contributed by atoms with Crippen molar-refractivity contribution in [1.82, 2.24) is 0 Å². The Labute approximate surface area is 143 Å². The maximum absolute atomic E-state index is 14.0. The van der Waals surface area contributed by atoms with E-state index in [2.05, 4.69) is 0 Å². The SMILES string of the molecule is Cc1ccc(F)c(C2OC(N)=C(OSCc3ccccc3)C2=O)c1. The van der Waals surface area contributed by atoms with Crippen LogP contribution in [0.1, 0.15) is 22.8 Å². The summed E-state index contributed by atoms with van der Waals surface area (Å²) in [6.45, 7) is 1.81. The number of ether oxygens (including phenoxy) is 1. The summed E-state index contributed by atoms with van der Waals surface area (Å²) in [4.78, 5) is 12.5. The molecule has 1 aliphatic rings. The summed E-state index contributed by atoms with van der Waals surface area (Å²) in [5.41, 5.74) is 7.78. The van der Waals surface area contributed by atoms with Crippen LogP contribution in [0.5, 0.6) is 0 Å². The first-order valence-electron chi connectivity index (χ1n) is 7.36. The molecule has 1 unspecified atom stereocenters. The van der Waals surface area contributed by atoms with Crippen molar-refractivity contribution in [2.24, 2.45) is 5.73 Å². The van der Waals surface area contributed by atoms with E-state index in [1.54, 1.807) is 12.1 Å². The van der Waals surface area contributed by atoms with Crippen molar-refractivity contribution < 1.29 is 18.1 Å². The second kappa shape index (κ2) is 6.97. The predicted molar refractivity (Wildman–Crippen MR) is 90.0 cm³/mol. The molecule has 0 amide bonds. The fraction of sp³-hybridized carbons (Fsp3) is 0.167. The average molecular weight is 345 g/mol. The van der Waals surface area contributed by atoms with Gasteiger partial charge in [-0.1, -0.05) is 42.0 Å². The number of Topliss-reactive ketones (excluding diaryl/α,β-unsaturated/α-hetero) is 1. The molecule has 0 bridgehead atoms. The van der Waals surface area contributed by atoms with Crippen LogP contribution < -0.4 is 5.73 Å². The Morgan fingerprint density at radius 3 is 2.75 bits per heavy atom. The van der Waals surface area contributed by atoms with E-state index in [9.17, 15) is 9.18 Å². The van der Waals surface area contributed by atoms with Gasteiger partial charge in [0.15, 0.2) is 6.10 Å². The lowest BCUT2D eigenvalue weighted by atomic mass is 10.0. The van der Waals surface area contributed by atoms with Crippen LogP contribution in [0.4, 0.5) is 4.39 Å². The zero-order valence-electron chi connectivity index (χ0n) is 13.0. The van der Waals surface area contributed by atoms with Gasteiger partial charge in [0.05, 0.1) is 17.8 Å². The van der Waals surface area contributed by atoms with Gasteiger partial charge < -0.3 is 14.7 Å². The standard InChI is InChI=1S/C18H16FNO3S/c1-11-7-8-14(19)13(9-11)16-15(21)17(18(20)22-16)23-24-10-12-5-3-2-4-6-12/h2-9,16H,10,20H2,1H3. The smallest absolute Gasteiger partial charge is 0.249 e. The Hall–Kier alpha value is -2.47. The summed E-state index contributed by atoms with van der Waals surface area (Å²) in [5, 5.41) is 0. The van der Waals surface area contributed by atoms with E-state index in [0.717, 1.165) is 23.2 Å². The molecule has 6 heteroatoms.